The molecule has 1 N–H and O–H groups in total. The summed E-state index contributed by atoms with van der Waals surface area (Å²) in [6.07, 6.45) is 0. The molecule has 7 nitrogen and oxygen atoms in total. The number of nitrogens with zero attached hydrogens (tertiary/aromatic N) is 2. The van der Waals surface area contributed by atoms with Gasteiger partial charge in [0.05, 0.1) is 21.8 Å². The van der Waals surface area contributed by atoms with Crippen LogP contribution in [0.15, 0.2) is 72.3 Å². The molecule has 0 bridgehead atoms. The Kier molecular flexibility index (Phi) is 5.20. The summed E-state index contributed by atoms with van der Waals surface area (Å²) in [5.41, 5.74) is 1.66. The van der Waals surface area contributed by atoms with Gasteiger partial charge in [-0.2, -0.15) is 0 Å². The number of hydrogen-bond donors (Lipinski definition) is 1. The second kappa shape index (κ2) is 8.41. The van der Waals surface area contributed by atoms with Crippen molar-refractivity contribution in [2.45, 2.75) is 6.04 Å². The predicted octanol–water partition coefficient (Wildman–Crippen LogP) is 5.35. The number of ether oxygens (including phenoxy) is 2. The van der Waals surface area contributed by atoms with Gasteiger partial charge in [-0.3, -0.25) is 14.5 Å². The Morgan fingerprint density at radius 1 is 1.00 bits per heavy atom. The highest BCUT2D eigenvalue weighted by Crippen LogP contribution is 2.45. The van der Waals surface area contributed by atoms with Crippen LogP contribution in [0.5, 0.6) is 11.5 Å². The lowest BCUT2D eigenvalue weighted by Crippen LogP contribution is -2.29. The maximum absolute atomic E-state index is 13.3. The summed E-state index contributed by atoms with van der Waals surface area (Å²) in [6.45, 7) is 0.818. The first-order chi connectivity index (χ1) is 17.0. The molecule has 35 heavy (non-hydrogen) atoms. The van der Waals surface area contributed by atoms with E-state index in [1.807, 2.05) is 30.3 Å². The molecular weight excluding hydrogens is 488 g/mol. The van der Waals surface area contributed by atoms with Gasteiger partial charge >= 0.3 is 5.91 Å². The number of benzene rings is 3. The number of amides is 1. The van der Waals surface area contributed by atoms with E-state index in [1.165, 1.54) is 16.2 Å². The number of Topliss-reactive ketones (excluding diaryl/α,β-unsaturated/α-hetero) is 1. The smallest absolute Gasteiger partial charge is 0.301 e. The molecule has 1 fully saturated rings. The molecule has 3 heterocycles. The summed E-state index contributed by atoms with van der Waals surface area (Å²) in [5, 5.41) is 12.2. The maximum atomic E-state index is 13.3. The summed E-state index contributed by atoms with van der Waals surface area (Å²) in [5.74, 6) is -0.817. The molecule has 0 spiro atoms. The Bertz CT molecular complexity index is 1530. The van der Waals surface area contributed by atoms with Crippen LogP contribution in [-0.4, -0.2) is 35.0 Å². The fourth-order valence-electron chi connectivity index (χ4n) is 4.32. The zero-order valence-electron chi connectivity index (χ0n) is 18.1. The van der Waals surface area contributed by atoms with E-state index in [9.17, 15) is 14.7 Å². The van der Waals surface area contributed by atoms with Crippen LogP contribution in [0.2, 0.25) is 5.02 Å². The molecule has 1 amide bonds. The van der Waals surface area contributed by atoms with Gasteiger partial charge in [0.25, 0.3) is 5.78 Å². The molecule has 6 rings (SSSR count). The number of ketones is 1. The highest BCUT2D eigenvalue weighted by atomic mass is 35.5. The Balaban J connectivity index is 1.53. The van der Waals surface area contributed by atoms with Crippen LogP contribution in [-0.2, 0) is 9.59 Å². The van der Waals surface area contributed by atoms with Crippen molar-refractivity contribution in [1.29, 1.82) is 0 Å². The van der Waals surface area contributed by atoms with E-state index in [2.05, 4.69) is 4.98 Å². The predicted molar refractivity (Wildman–Crippen MR) is 133 cm³/mol. The van der Waals surface area contributed by atoms with Crippen molar-refractivity contribution in [2.75, 3.05) is 18.1 Å². The monoisotopic (exact) mass is 504 g/mol. The van der Waals surface area contributed by atoms with E-state index in [1.54, 1.807) is 36.4 Å². The quantitative estimate of drug-likeness (QED) is 0.230. The lowest BCUT2D eigenvalue weighted by Gasteiger charge is -2.23. The van der Waals surface area contributed by atoms with E-state index in [4.69, 9.17) is 21.1 Å². The van der Waals surface area contributed by atoms with Crippen molar-refractivity contribution < 1.29 is 24.2 Å². The Hall–Kier alpha value is -3.88. The standard InChI is InChI=1S/C26H17ClN2O5S/c27-16-7-8-17-20(13-16)35-26(28-17)29-22(14-4-2-1-3-5-14)21(24(31)25(29)32)23(30)15-6-9-18-19(12-15)34-11-10-33-18/h1-9,12-13,22,30H,10-11H2/b23-21+/t22-/m0/s1. The zero-order valence-corrected chi connectivity index (χ0v) is 19.7. The maximum Gasteiger partial charge on any atom is 0.301 e. The average molecular weight is 505 g/mol. The number of rotatable bonds is 3. The number of hydrogen-bond acceptors (Lipinski definition) is 7. The van der Waals surface area contributed by atoms with Crippen molar-refractivity contribution in [3.8, 4) is 11.5 Å². The van der Waals surface area contributed by atoms with Crippen LogP contribution in [0, 0.1) is 0 Å². The van der Waals surface area contributed by atoms with E-state index >= 15 is 0 Å². The second-order valence-electron chi connectivity index (χ2n) is 8.05. The third-order valence-corrected chi connectivity index (χ3v) is 7.17. The van der Waals surface area contributed by atoms with Crippen molar-refractivity contribution in [1.82, 2.24) is 4.98 Å². The number of carbonyl (C=O) groups excluding carboxylic acids is 2. The minimum atomic E-state index is -0.861. The molecule has 0 saturated carbocycles. The summed E-state index contributed by atoms with van der Waals surface area (Å²) in [6, 6.07) is 18.4. The molecule has 0 aliphatic carbocycles. The molecule has 0 unspecified atom stereocenters. The number of anilines is 1. The van der Waals surface area contributed by atoms with Crippen LogP contribution < -0.4 is 14.4 Å². The first kappa shape index (κ1) is 21.6. The van der Waals surface area contributed by atoms with Crippen LogP contribution in [0.4, 0.5) is 5.13 Å². The molecule has 4 aromatic rings. The molecule has 1 saturated heterocycles. The first-order valence-corrected chi connectivity index (χ1v) is 12.0. The number of aliphatic hydroxyl groups is 1. The summed E-state index contributed by atoms with van der Waals surface area (Å²) in [7, 11) is 0. The Morgan fingerprint density at radius 3 is 2.57 bits per heavy atom. The van der Waals surface area contributed by atoms with Crippen LogP contribution >= 0.6 is 22.9 Å². The number of carbonyl (C=O) groups is 2. The van der Waals surface area contributed by atoms with E-state index in [0.717, 1.165) is 4.70 Å². The lowest BCUT2D eigenvalue weighted by atomic mass is 9.95. The van der Waals surface area contributed by atoms with Crippen LogP contribution in [0.25, 0.3) is 16.0 Å². The number of thiazole rings is 1. The molecule has 0 radical (unpaired) electrons. The third-order valence-electron chi connectivity index (χ3n) is 5.92. The fraction of sp³-hybridized carbons (Fsp3) is 0.115. The van der Waals surface area contributed by atoms with Gasteiger partial charge in [-0.15, -0.1) is 0 Å². The molecule has 1 atom stereocenters. The van der Waals surface area contributed by atoms with Gasteiger partial charge in [0.1, 0.15) is 19.0 Å². The average Bonchev–Trinajstić information content (AvgIpc) is 3.41. The van der Waals surface area contributed by atoms with Gasteiger partial charge in [0, 0.05) is 10.6 Å². The van der Waals surface area contributed by atoms with Crippen molar-refractivity contribution in [2.24, 2.45) is 0 Å². The minimum Gasteiger partial charge on any atom is -0.507 e. The largest absolute Gasteiger partial charge is 0.507 e. The number of aliphatic hydroxyl groups excluding tert-OH is 1. The van der Waals surface area contributed by atoms with Crippen LogP contribution in [0.3, 0.4) is 0 Å². The van der Waals surface area contributed by atoms with Gasteiger partial charge in [0.15, 0.2) is 16.6 Å². The lowest BCUT2D eigenvalue weighted by molar-refractivity contribution is -0.132. The van der Waals surface area contributed by atoms with E-state index in [0.29, 0.717) is 51.5 Å². The Morgan fingerprint density at radius 2 is 1.77 bits per heavy atom. The van der Waals surface area contributed by atoms with Gasteiger partial charge in [0.2, 0.25) is 0 Å². The molecule has 9 heteroatoms. The summed E-state index contributed by atoms with van der Waals surface area (Å²) >= 11 is 7.39. The van der Waals surface area contributed by atoms with Gasteiger partial charge in [-0.05, 0) is 42.0 Å². The molecule has 2 aliphatic rings. The molecule has 3 aromatic carbocycles. The second-order valence-corrected chi connectivity index (χ2v) is 9.49. The number of fused-ring (bicyclic) bond motifs is 2. The van der Waals surface area contributed by atoms with E-state index < -0.39 is 17.7 Å². The van der Waals surface area contributed by atoms with Crippen molar-refractivity contribution >= 4 is 55.7 Å². The summed E-state index contributed by atoms with van der Waals surface area (Å²) in [4.78, 5) is 32.6. The number of aromatic nitrogens is 1. The fourth-order valence-corrected chi connectivity index (χ4v) is 5.58. The van der Waals surface area contributed by atoms with E-state index in [-0.39, 0.29) is 11.3 Å². The van der Waals surface area contributed by atoms with Crippen LogP contribution in [0.1, 0.15) is 17.2 Å². The molecule has 2 aliphatic heterocycles. The first-order valence-electron chi connectivity index (χ1n) is 10.8. The Labute approximate surface area is 208 Å². The zero-order chi connectivity index (χ0) is 24.1. The van der Waals surface area contributed by atoms with Gasteiger partial charge < -0.3 is 14.6 Å². The molecule has 174 valence electrons. The van der Waals surface area contributed by atoms with Gasteiger partial charge in [-0.1, -0.05) is 53.3 Å². The highest BCUT2D eigenvalue weighted by Gasteiger charge is 2.48. The number of halogens is 1. The van der Waals surface area contributed by atoms with Gasteiger partial charge in [-0.25, -0.2) is 4.98 Å². The van der Waals surface area contributed by atoms with Crippen molar-refractivity contribution in [3.63, 3.8) is 0 Å². The third kappa shape index (κ3) is 3.62. The minimum absolute atomic E-state index is 0.0184. The van der Waals surface area contributed by atoms with Crippen molar-refractivity contribution in [3.05, 3.63) is 88.5 Å². The molecular formula is C26H17ClN2O5S. The SMILES string of the molecule is O=C1C(=O)N(c2nc3ccc(Cl)cc3s2)[C@@H](c2ccccc2)/C1=C(\O)c1ccc2c(c1)OCCO2. The summed E-state index contributed by atoms with van der Waals surface area (Å²) < 4.78 is 12.0. The normalized spacial score (nSPS) is 18.9. The highest BCUT2D eigenvalue weighted by molar-refractivity contribution is 7.22. The topological polar surface area (TPSA) is 89.0 Å². The molecule has 1 aromatic heterocycles.